The third kappa shape index (κ3) is 5.23. The van der Waals surface area contributed by atoms with Crippen molar-refractivity contribution in [3.63, 3.8) is 0 Å². The van der Waals surface area contributed by atoms with Gasteiger partial charge in [-0.2, -0.15) is 0 Å². The number of amides is 1. The van der Waals surface area contributed by atoms with Gasteiger partial charge in [0.05, 0.1) is 25.1 Å². The lowest BCUT2D eigenvalue weighted by atomic mass is 10.1. The third-order valence-corrected chi connectivity index (χ3v) is 5.48. The topological polar surface area (TPSA) is 75.7 Å². The molecule has 2 rings (SSSR count). The zero-order chi connectivity index (χ0) is 20.0. The predicted molar refractivity (Wildman–Crippen MR) is 107 cm³/mol. The average molecular weight is 391 g/mol. The number of carbonyl (C=O) groups is 1. The summed E-state index contributed by atoms with van der Waals surface area (Å²) in [4.78, 5) is 12.9. The van der Waals surface area contributed by atoms with Crippen LogP contribution in [0.5, 0.6) is 5.75 Å². The summed E-state index contributed by atoms with van der Waals surface area (Å²) in [6.45, 7) is 3.66. The first-order chi connectivity index (χ1) is 12.8. The van der Waals surface area contributed by atoms with Crippen molar-refractivity contribution in [1.29, 1.82) is 0 Å². The maximum atomic E-state index is 12.9. The van der Waals surface area contributed by atoms with Crippen LogP contribution in [-0.4, -0.2) is 33.7 Å². The van der Waals surface area contributed by atoms with Gasteiger partial charge in [-0.25, -0.2) is 8.42 Å². The lowest BCUT2D eigenvalue weighted by Gasteiger charge is -2.31. The third-order valence-electron chi connectivity index (χ3n) is 4.30. The van der Waals surface area contributed by atoms with E-state index in [2.05, 4.69) is 5.32 Å². The van der Waals surface area contributed by atoms with Gasteiger partial charge in [-0.1, -0.05) is 43.3 Å². The molecule has 0 aromatic heterocycles. The number of ether oxygens (including phenoxy) is 1. The Labute approximate surface area is 161 Å². The van der Waals surface area contributed by atoms with Gasteiger partial charge < -0.3 is 10.1 Å². The molecule has 1 N–H and O–H groups in total. The first kappa shape index (κ1) is 20.8. The summed E-state index contributed by atoms with van der Waals surface area (Å²) in [7, 11) is -2.17. The summed E-state index contributed by atoms with van der Waals surface area (Å²) in [6, 6.07) is 15.1. The van der Waals surface area contributed by atoms with E-state index in [1.165, 1.54) is 7.11 Å². The standard InChI is InChI=1S/C20H26N2O4S/c1-5-19(20(23)21-15(2)16-10-7-6-8-11-16)22(27(4,24)25)17-12-9-13-18(14-17)26-3/h6-15,19H,5H2,1-4H3,(H,21,23)/t15-,19+/m1/s1. The fourth-order valence-corrected chi connectivity index (χ4v) is 4.15. The highest BCUT2D eigenvalue weighted by atomic mass is 32.2. The average Bonchev–Trinajstić information content (AvgIpc) is 2.65. The highest BCUT2D eigenvalue weighted by Gasteiger charge is 2.32. The van der Waals surface area contributed by atoms with Gasteiger partial charge in [0.1, 0.15) is 11.8 Å². The van der Waals surface area contributed by atoms with Crippen LogP contribution in [-0.2, 0) is 14.8 Å². The molecule has 0 aliphatic rings. The number of methoxy groups -OCH3 is 1. The van der Waals surface area contributed by atoms with Gasteiger partial charge in [-0.05, 0) is 31.0 Å². The van der Waals surface area contributed by atoms with Crippen molar-refractivity contribution in [3.05, 3.63) is 60.2 Å². The molecule has 1 amide bonds. The molecular formula is C20H26N2O4S. The lowest BCUT2D eigenvalue weighted by Crippen LogP contribution is -2.49. The number of carbonyl (C=O) groups excluding carboxylic acids is 1. The van der Waals surface area contributed by atoms with E-state index >= 15 is 0 Å². The van der Waals surface area contributed by atoms with Gasteiger partial charge in [-0.15, -0.1) is 0 Å². The molecule has 0 radical (unpaired) electrons. The van der Waals surface area contributed by atoms with E-state index in [1.807, 2.05) is 37.3 Å². The van der Waals surface area contributed by atoms with E-state index in [9.17, 15) is 13.2 Å². The molecule has 6 nitrogen and oxygen atoms in total. The molecule has 0 bridgehead atoms. The summed E-state index contributed by atoms with van der Waals surface area (Å²) in [6.07, 6.45) is 1.43. The van der Waals surface area contributed by atoms with E-state index in [0.29, 0.717) is 17.9 Å². The molecule has 0 saturated heterocycles. The number of benzene rings is 2. The highest BCUT2D eigenvalue weighted by Crippen LogP contribution is 2.26. The first-order valence-corrected chi connectivity index (χ1v) is 10.6. The van der Waals surface area contributed by atoms with Crippen LogP contribution in [0, 0.1) is 0 Å². The molecule has 0 spiro atoms. The number of hydrogen-bond acceptors (Lipinski definition) is 4. The smallest absolute Gasteiger partial charge is 0.244 e. The van der Waals surface area contributed by atoms with E-state index in [0.717, 1.165) is 16.1 Å². The summed E-state index contributed by atoms with van der Waals surface area (Å²) in [5.74, 6) is 0.177. The van der Waals surface area contributed by atoms with Crippen molar-refractivity contribution in [2.45, 2.75) is 32.4 Å². The Morgan fingerprint density at radius 2 is 1.81 bits per heavy atom. The van der Waals surface area contributed by atoms with Crippen molar-refractivity contribution in [2.24, 2.45) is 0 Å². The van der Waals surface area contributed by atoms with E-state index in [4.69, 9.17) is 4.74 Å². The van der Waals surface area contributed by atoms with E-state index in [1.54, 1.807) is 31.2 Å². The number of nitrogens with one attached hydrogen (secondary N) is 1. The van der Waals surface area contributed by atoms with E-state index in [-0.39, 0.29) is 11.9 Å². The molecule has 0 unspecified atom stereocenters. The van der Waals surface area contributed by atoms with Crippen LogP contribution >= 0.6 is 0 Å². The Hall–Kier alpha value is -2.54. The van der Waals surface area contributed by atoms with Crippen molar-refractivity contribution in [1.82, 2.24) is 5.32 Å². The molecule has 0 saturated carbocycles. The number of anilines is 1. The molecule has 0 aliphatic carbocycles. The monoisotopic (exact) mass is 390 g/mol. The Morgan fingerprint density at radius 3 is 2.37 bits per heavy atom. The second-order valence-electron chi connectivity index (χ2n) is 6.33. The largest absolute Gasteiger partial charge is 0.497 e. The molecule has 27 heavy (non-hydrogen) atoms. The summed E-state index contributed by atoms with van der Waals surface area (Å²) in [5.41, 5.74) is 1.35. The molecule has 0 heterocycles. The molecule has 0 fully saturated rings. The van der Waals surface area contributed by atoms with Gasteiger partial charge in [0, 0.05) is 6.07 Å². The molecular weight excluding hydrogens is 364 g/mol. The zero-order valence-corrected chi connectivity index (χ0v) is 16.9. The van der Waals surface area contributed by atoms with E-state index < -0.39 is 16.1 Å². The minimum atomic E-state index is -3.68. The van der Waals surface area contributed by atoms with Crippen molar-refractivity contribution in [3.8, 4) is 5.75 Å². The first-order valence-electron chi connectivity index (χ1n) is 8.76. The highest BCUT2D eigenvalue weighted by molar-refractivity contribution is 7.92. The fourth-order valence-electron chi connectivity index (χ4n) is 2.94. The minimum Gasteiger partial charge on any atom is -0.497 e. The van der Waals surface area contributed by atoms with Crippen LogP contribution in [0.15, 0.2) is 54.6 Å². The summed E-state index contributed by atoms with van der Waals surface area (Å²) < 4.78 is 31.3. The van der Waals surface area contributed by atoms with Crippen molar-refractivity contribution in [2.75, 3.05) is 17.7 Å². The van der Waals surface area contributed by atoms with Crippen LogP contribution in [0.1, 0.15) is 31.9 Å². The Balaban J connectivity index is 2.33. The van der Waals surface area contributed by atoms with Crippen molar-refractivity contribution < 1.29 is 17.9 Å². The SMILES string of the molecule is CC[C@@H](C(=O)N[C@H](C)c1ccccc1)N(c1cccc(OC)c1)S(C)(=O)=O. The quantitative estimate of drug-likeness (QED) is 0.751. The van der Waals surface area contributed by atoms with Crippen LogP contribution in [0.2, 0.25) is 0 Å². The Morgan fingerprint density at radius 1 is 1.15 bits per heavy atom. The van der Waals surface area contributed by atoms with Gasteiger partial charge in [0.15, 0.2) is 0 Å². The Kier molecular flexibility index (Phi) is 6.85. The molecule has 2 aromatic rings. The van der Waals surface area contributed by atoms with Crippen LogP contribution in [0.3, 0.4) is 0 Å². The van der Waals surface area contributed by atoms with Crippen LogP contribution in [0.4, 0.5) is 5.69 Å². The normalized spacial score (nSPS) is 13.5. The van der Waals surface area contributed by atoms with Gasteiger partial charge in [0.2, 0.25) is 15.9 Å². The minimum absolute atomic E-state index is 0.237. The molecule has 2 atom stereocenters. The molecule has 7 heteroatoms. The molecule has 0 aliphatic heterocycles. The summed E-state index contributed by atoms with van der Waals surface area (Å²) in [5, 5.41) is 2.92. The Bertz CT molecular complexity index is 869. The molecule has 146 valence electrons. The number of nitrogens with zero attached hydrogens (tertiary/aromatic N) is 1. The number of hydrogen-bond donors (Lipinski definition) is 1. The lowest BCUT2D eigenvalue weighted by molar-refractivity contribution is -0.122. The van der Waals surface area contributed by atoms with Crippen LogP contribution in [0.25, 0.3) is 0 Å². The summed E-state index contributed by atoms with van der Waals surface area (Å²) >= 11 is 0. The predicted octanol–water partition coefficient (Wildman–Crippen LogP) is 3.12. The van der Waals surface area contributed by atoms with Gasteiger partial charge in [0.25, 0.3) is 0 Å². The van der Waals surface area contributed by atoms with Gasteiger partial charge >= 0.3 is 0 Å². The maximum Gasteiger partial charge on any atom is 0.244 e. The number of rotatable bonds is 8. The van der Waals surface area contributed by atoms with Crippen molar-refractivity contribution >= 4 is 21.6 Å². The van der Waals surface area contributed by atoms with Gasteiger partial charge in [-0.3, -0.25) is 9.10 Å². The fraction of sp³-hybridized carbons (Fsp3) is 0.350. The number of sulfonamides is 1. The second kappa shape index (κ2) is 8.90. The second-order valence-corrected chi connectivity index (χ2v) is 8.18. The zero-order valence-electron chi connectivity index (χ0n) is 16.0. The maximum absolute atomic E-state index is 12.9. The molecule has 2 aromatic carbocycles. The van der Waals surface area contributed by atoms with Crippen LogP contribution < -0.4 is 14.4 Å².